The van der Waals surface area contributed by atoms with Gasteiger partial charge in [0.25, 0.3) is 0 Å². The van der Waals surface area contributed by atoms with Gasteiger partial charge in [0.2, 0.25) is 0 Å². The van der Waals surface area contributed by atoms with Crippen LogP contribution in [-0.4, -0.2) is 27.8 Å². The molecule has 2 aromatic heterocycles. The fourth-order valence-corrected chi connectivity index (χ4v) is 3.00. The van der Waals surface area contributed by atoms with E-state index < -0.39 is 6.09 Å². The first kappa shape index (κ1) is 15.4. The van der Waals surface area contributed by atoms with Crippen molar-refractivity contribution in [2.24, 2.45) is 0 Å². The number of amides is 1. The smallest absolute Gasteiger partial charge is 0.407 e. The fraction of sp³-hybridized carbons (Fsp3) is 0.176. The normalized spacial score (nSPS) is 10.6. The number of benzene rings is 1. The second-order valence-corrected chi connectivity index (χ2v) is 5.97. The lowest BCUT2D eigenvalue weighted by molar-refractivity contribution is 0.140. The number of aromatic nitrogens is 2. The summed E-state index contributed by atoms with van der Waals surface area (Å²) in [6.45, 7) is 0.831. The Morgan fingerprint density at radius 1 is 1.17 bits per heavy atom. The molecule has 0 spiro atoms. The molecular formula is C17H17N3O2S. The number of carbonyl (C=O) groups is 1. The van der Waals surface area contributed by atoms with Crippen molar-refractivity contribution >= 4 is 23.5 Å². The van der Waals surface area contributed by atoms with Crippen molar-refractivity contribution in [2.75, 3.05) is 12.3 Å². The molecule has 1 aromatic carbocycles. The third-order valence-electron chi connectivity index (χ3n) is 3.22. The number of alkyl carbamates (subject to hydrolysis) is 1. The molecular weight excluding hydrogens is 310 g/mol. The minimum Gasteiger partial charge on any atom is -0.445 e. The van der Waals surface area contributed by atoms with Gasteiger partial charge in [-0.25, -0.2) is 9.78 Å². The monoisotopic (exact) mass is 327 g/mol. The lowest BCUT2D eigenvalue weighted by atomic mass is 10.2. The molecule has 2 heterocycles. The van der Waals surface area contributed by atoms with Gasteiger partial charge in [-0.3, -0.25) is 4.40 Å². The van der Waals surface area contributed by atoms with E-state index in [1.165, 1.54) is 0 Å². The number of hydrogen-bond acceptors (Lipinski definition) is 4. The first-order chi connectivity index (χ1) is 11.3. The third kappa shape index (κ3) is 4.26. The van der Waals surface area contributed by atoms with Gasteiger partial charge in [-0.05, 0) is 17.7 Å². The minimum absolute atomic E-state index is 0.286. The van der Waals surface area contributed by atoms with Gasteiger partial charge in [0.05, 0.1) is 5.03 Å². The molecule has 0 atom stereocenters. The number of hydrogen-bond donors (Lipinski definition) is 1. The van der Waals surface area contributed by atoms with Crippen molar-refractivity contribution < 1.29 is 9.53 Å². The third-order valence-corrected chi connectivity index (χ3v) is 4.26. The molecule has 1 amide bonds. The highest BCUT2D eigenvalue weighted by Crippen LogP contribution is 2.18. The Morgan fingerprint density at radius 3 is 2.91 bits per heavy atom. The van der Waals surface area contributed by atoms with E-state index in [0.717, 1.165) is 22.0 Å². The second-order valence-electron chi connectivity index (χ2n) is 4.86. The highest BCUT2D eigenvalue weighted by Gasteiger charge is 2.04. The van der Waals surface area contributed by atoms with Crippen molar-refractivity contribution in [1.82, 2.24) is 14.7 Å². The Morgan fingerprint density at radius 2 is 2.04 bits per heavy atom. The van der Waals surface area contributed by atoms with Gasteiger partial charge in [0.15, 0.2) is 0 Å². The van der Waals surface area contributed by atoms with E-state index in [2.05, 4.69) is 10.3 Å². The van der Waals surface area contributed by atoms with E-state index in [4.69, 9.17) is 4.74 Å². The SMILES string of the molecule is O=C(NCCSc1cccc2nccn12)OCc1ccccc1. The molecule has 0 unspecified atom stereocenters. The van der Waals surface area contributed by atoms with Crippen LogP contribution in [0.15, 0.2) is 66.0 Å². The summed E-state index contributed by atoms with van der Waals surface area (Å²) in [5, 5.41) is 3.85. The maximum atomic E-state index is 11.6. The Hall–Kier alpha value is -2.47. The van der Waals surface area contributed by atoms with Crippen LogP contribution in [0, 0.1) is 0 Å². The number of nitrogens with zero attached hydrogens (tertiary/aromatic N) is 2. The standard InChI is InChI=1S/C17H17N3O2S/c21-17(22-13-14-5-2-1-3-6-14)19-10-12-23-16-8-4-7-15-18-9-11-20(15)16/h1-9,11H,10,12-13H2,(H,19,21). The maximum absolute atomic E-state index is 11.6. The number of pyridine rings is 1. The molecule has 1 N–H and O–H groups in total. The summed E-state index contributed by atoms with van der Waals surface area (Å²) in [5.41, 5.74) is 1.90. The molecule has 5 nitrogen and oxygen atoms in total. The van der Waals surface area contributed by atoms with E-state index >= 15 is 0 Å². The van der Waals surface area contributed by atoms with Crippen molar-refractivity contribution in [2.45, 2.75) is 11.6 Å². The van der Waals surface area contributed by atoms with Crippen molar-refractivity contribution in [3.63, 3.8) is 0 Å². The largest absolute Gasteiger partial charge is 0.445 e. The van der Waals surface area contributed by atoms with Crippen LogP contribution in [-0.2, 0) is 11.3 Å². The molecule has 0 saturated heterocycles. The summed E-state index contributed by atoms with van der Waals surface area (Å²) < 4.78 is 7.19. The van der Waals surface area contributed by atoms with E-state index in [-0.39, 0.29) is 6.61 Å². The first-order valence-corrected chi connectivity index (χ1v) is 8.31. The van der Waals surface area contributed by atoms with Crippen LogP contribution >= 0.6 is 11.8 Å². The van der Waals surface area contributed by atoms with Gasteiger partial charge in [-0.1, -0.05) is 36.4 Å². The highest BCUT2D eigenvalue weighted by atomic mass is 32.2. The average molecular weight is 327 g/mol. The zero-order valence-electron chi connectivity index (χ0n) is 12.5. The maximum Gasteiger partial charge on any atom is 0.407 e. The van der Waals surface area contributed by atoms with Gasteiger partial charge in [0, 0.05) is 24.7 Å². The van der Waals surface area contributed by atoms with Gasteiger partial charge in [-0.15, -0.1) is 11.8 Å². The fourth-order valence-electron chi connectivity index (χ4n) is 2.12. The molecule has 23 heavy (non-hydrogen) atoms. The topological polar surface area (TPSA) is 55.6 Å². The van der Waals surface area contributed by atoms with Gasteiger partial charge in [0.1, 0.15) is 12.3 Å². The van der Waals surface area contributed by atoms with E-state index in [1.54, 1.807) is 18.0 Å². The number of imidazole rings is 1. The van der Waals surface area contributed by atoms with Crippen LogP contribution in [0.2, 0.25) is 0 Å². The van der Waals surface area contributed by atoms with Crippen LogP contribution in [0.5, 0.6) is 0 Å². The average Bonchev–Trinajstić information content (AvgIpc) is 3.07. The number of fused-ring (bicyclic) bond motifs is 1. The number of nitrogens with one attached hydrogen (secondary N) is 1. The zero-order valence-corrected chi connectivity index (χ0v) is 13.3. The number of ether oxygens (including phenoxy) is 1. The van der Waals surface area contributed by atoms with Crippen molar-refractivity contribution in [3.8, 4) is 0 Å². The Labute approximate surface area is 138 Å². The van der Waals surface area contributed by atoms with Crippen LogP contribution < -0.4 is 5.32 Å². The van der Waals surface area contributed by atoms with Crippen LogP contribution in [0.1, 0.15) is 5.56 Å². The lowest BCUT2D eigenvalue weighted by Gasteiger charge is -2.08. The van der Waals surface area contributed by atoms with Crippen molar-refractivity contribution in [1.29, 1.82) is 0 Å². The number of thioether (sulfide) groups is 1. The predicted molar refractivity (Wildman–Crippen MR) is 90.5 cm³/mol. The molecule has 3 rings (SSSR count). The Bertz CT molecular complexity index is 774. The van der Waals surface area contributed by atoms with E-state index in [9.17, 15) is 4.79 Å². The highest BCUT2D eigenvalue weighted by molar-refractivity contribution is 7.99. The summed E-state index contributed by atoms with van der Waals surface area (Å²) in [5.74, 6) is 0.762. The Balaban J connectivity index is 1.39. The molecule has 0 saturated carbocycles. The van der Waals surface area contributed by atoms with Gasteiger partial charge < -0.3 is 10.1 Å². The molecule has 0 bridgehead atoms. The van der Waals surface area contributed by atoms with Crippen molar-refractivity contribution in [3.05, 3.63) is 66.5 Å². The van der Waals surface area contributed by atoms with E-state index in [1.807, 2.05) is 59.1 Å². The van der Waals surface area contributed by atoms with Crippen LogP contribution in [0.3, 0.4) is 0 Å². The molecule has 0 fully saturated rings. The number of carbonyl (C=O) groups excluding carboxylic acids is 1. The summed E-state index contributed by atoms with van der Waals surface area (Å²) in [4.78, 5) is 15.9. The summed E-state index contributed by atoms with van der Waals surface area (Å²) >= 11 is 1.66. The first-order valence-electron chi connectivity index (χ1n) is 7.32. The molecule has 6 heteroatoms. The van der Waals surface area contributed by atoms with Crippen LogP contribution in [0.4, 0.5) is 4.79 Å². The summed E-state index contributed by atoms with van der Waals surface area (Å²) in [6.07, 6.45) is 3.31. The second kappa shape index (κ2) is 7.69. The minimum atomic E-state index is -0.393. The summed E-state index contributed by atoms with van der Waals surface area (Å²) in [6, 6.07) is 15.6. The quantitative estimate of drug-likeness (QED) is 0.557. The zero-order chi connectivity index (χ0) is 15.9. The predicted octanol–water partition coefficient (Wildman–Crippen LogP) is 3.35. The van der Waals surface area contributed by atoms with Gasteiger partial charge in [-0.2, -0.15) is 0 Å². The Kier molecular flexibility index (Phi) is 5.16. The molecule has 0 aliphatic rings. The number of rotatable bonds is 6. The molecule has 118 valence electrons. The van der Waals surface area contributed by atoms with Gasteiger partial charge >= 0.3 is 6.09 Å². The molecule has 0 radical (unpaired) electrons. The van der Waals surface area contributed by atoms with Crippen LogP contribution in [0.25, 0.3) is 5.65 Å². The van der Waals surface area contributed by atoms with E-state index in [0.29, 0.717) is 6.54 Å². The lowest BCUT2D eigenvalue weighted by Crippen LogP contribution is -2.26. The molecule has 3 aromatic rings. The molecule has 0 aliphatic heterocycles. The molecule has 0 aliphatic carbocycles. The summed E-state index contributed by atoms with van der Waals surface area (Å²) in [7, 11) is 0.